The lowest BCUT2D eigenvalue weighted by Crippen LogP contribution is -2.53. The summed E-state index contributed by atoms with van der Waals surface area (Å²) < 4.78 is 13.6. The molecule has 0 amide bonds. The minimum absolute atomic E-state index is 0.248. The highest BCUT2D eigenvalue weighted by molar-refractivity contribution is 5.58. The van der Waals surface area contributed by atoms with Crippen molar-refractivity contribution in [2.45, 2.75) is 62.8 Å². The second-order valence-electron chi connectivity index (χ2n) is 7.97. The average Bonchev–Trinajstić information content (AvgIpc) is 3.07. The Balaban J connectivity index is 1.46. The first-order chi connectivity index (χ1) is 12.3. The van der Waals surface area contributed by atoms with E-state index >= 15 is 0 Å². The molecule has 0 bridgehead atoms. The molecule has 0 aromatic rings. The third-order valence-corrected chi connectivity index (χ3v) is 6.31. The Morgan fingerprint density at radius 3 is 2.60 bits per heavy atom. The lowest BCUT2D eigenvalue weighted by Gasteiger charge is -2.40. The third kappa shape index (κ3) is 4.03. The zero-order valence-corrected chi connectivity index (χ0v) is 15.1. The lowest BCUT2D eigenvalue weighted by atomic mass is 9.84. The summed E-state index contributed by atoms with van der Waals surface area (Å²) in [7, 11) is 0. The fourth-order valence-corrected chi connectivity index (χ4v) is 4.85. The quantitative estimate of drug-likeness (QED) is 0.844. The van der Waals surface area contributed by atoms with Crippen LogP contribution in [0.25, 0.3) is 0 Å². The van der Waals surface area contributed by atoms with Gasteiger partial charge in [0.25, 0.3) is 0 Å². The highest BCUT2D eigenvalue weighted by Gasteiger charge is 2.43. The van der Waals surface area contributed by atoms with Gasteiger partial charge >= 0.3 is 0 Å². The van der Waals surface area contributed by atoms with Crippen LogP contribution in [0, 0.1) is 5.92 Å². The maximum absolute atomic E-state index is 13.6. The molecule has 1 aliphatic carbocycles. The highest BCUT2D eigenvalue weighted by Crippen LogP contribution is 2.36. The van der Waals surface area contributed by atoms with E-state index in [1.165, 1.54) is 0 Å². The van der Waals surface area contributed by atoms with Gasteiger partial charge < -0.3 is 5.32 Å². The van der Waals surface area contributed by atoms with E-state index in [0.29, 0.717) is 30.8 Å². The van der Waals surface area contributed by atoms with Gasteiger partial charge in [-0.3, -0.25) is 14.9 Å². The van der Waals surface area contributed by atoms with Crippen LogP contribution >= 0.6 is 0 Å². The van der Waals surface area contributed by atoms with Crippen molar-refractivity contribution in [1.29, 1.82) is 0 Å². The van der Waals surface area contributed by atoms with E-state index in [2.05, 4.69) is 31.7 Å². The molecule has 7 heteroatoms. The molecule has 6 nitrogen and oxygen atoms in total. The number of hydrogen-bond donors (Lipinski definition) is 1. The Kier molecular flexibility index (Phi) is 5.60. The summed E-state index contributed by atoms with van der Waals surface area (Å²) >= 11 is 0. The largest absolute Gasteiger partial charge is 0.314 e. The van der Waals surface area contributed by atoms with E-state index in [4.69, 9.17) is 5.11 Å². The van der Waals surface area contributed by atoms with Crippen molar-refractivity contribution < 1.29 is 4.39 Å². The van der Waals surface area contributed by atoms with Crippen LogP contribution in [-0.4, -0.2) is 79.7 Å². The molecule has 4 aliphatic rings. The van der Waals surface area contributed by atoms with Gasteiger partial charge in [0.2, 0.25) is 0 Å². The van der Waals surface area contributed by atoms with E-state index in [0.717, 1.165) is 65.0 Å². The van der Waals surface area contributed by atoms with Crippen LogP contribution in [0.4, 0.5) is 4.39 Å². The standard InChI is InChI=1S/C18H31FN6/c19-15-1-3-16(4-2-15)25-18(14-5-7-20-8-6-14)17(22-23-25)13-24-11-9-21-10-12-24/h7,14-18,21H,1-6,8-13H2. The SMILES string of the molecule is FC1CCC(N2N=NC(CN3CCNCC3)C2C2CC=NCC2)CC1. The number of piperazine rings is 1. The molecule has 3 heterocycles. The minimum atomic E-state index is -0.618. The summed E-state index contributed by atoms with van der Waals surface area (Å²) in [5.41, 5.74) is 0. The van der Waals surface area contributed by atoms with Crippen molar-refractivity contribution in [2.24, 2.45) is 21.2 Å². The molecular weight excluding hydrogens is 319 g/mol. The van der Waals surface area contributed by atoms with Gasteiger partial charge in [-0.2, -0.15) is 5.11 Å². The Morgan fingerprint density at radius 2 is 1.88 bits per heavy atom. The predicted molar refractivity (Wildman–Crippen MR) is 96.8 cm³/mol. The molecule has 0 aromatic carbocycles. The summed E-state index contributed by atoms with van der Waals surface area (Å²) in [5.74, 6) is 0.573. The van der Waals surface area contributed by atoms with Gasteiger partial charge in [0.1, 0.15) is 12.2 Å². The highest BCUT2D eigenvalue weighted by atomic mass is 19.1. The Morgan fingerprint density at radius 1 is 1.08 bits per heavy atom. The van der Waals surface area contributed by atoms with Crippen LogP contribution in [0.2, 0.25) is 0 Å². The third-order valence-electron chi connectivity index (χ3n) is 6.31. The lowest BCUT2D eigenvalue weighted by molar-refractivity contribution is 0.0586. The molecule has 1 saturated heterocycles. The molecular formula is C18H31FN6. The summed E-state index contributed by atoms with van der Waals surface area (Å²) in [6.45, 7) is 6.24. The van der Waals surface area contributed by atoms with E-state index < -0.39 is 6.17 Å². The molecule has 3 unspecified atom stereocenters. The predicted octanol–water partition coefficient (Wildman–Crippen LogP) is 2.07. The van der Waals surface area contributed by atoms with Crippen molar-refractivity contribution >= 4 is 6.21 Å². The first-order valence-electron chi connectivity index (χ1n) is 10.1. The van der Waals surface area contributed by atoms with Crippen molar-refractivity contribution in [2.75, 3.05) is 39.3 Å². The van der Waals surface area contributed by atoms with Crippen LogP contribution < -0.4 is 5.32 Å². The molecule has 25 heavy (non-hydrogen) atoms. The van der Waals surface area contributed by atoms with Crippen molar-refractivity contribution in [1.82, 2.24) is 15.2 Å². The number of nitrogens with zero attached hydrogens (tertiary/aromatic N) is 5. The van der Waals surface area contributed by atoms with Gasteiger partial charge in [-0.25, -0.2) is 4.39 Å². The van der Waals surface area contributed by atoms with Crippen LogP contribution in [-0.2, 0) is 0 Å². The second kappa shape index (κ2) is 8.08. The molecule has 0 spiro atoms. The fourth-order valence-electron chi connectivity index (χ4n) is 4.85. The zero-order valence-electron chi connectivity index (χ0n) is 15.1. The van der Waals surface area contributed by atoms with Gasteiger partial charge in [-0.15, -0.1) is 0 Å². The summed E-state index contributed by atoms with van der Waals surface area (Å²) in [6.07, 6.45) is 6.81. The number of rotatable bonds is 4. The van der Waals surface area contributed by atoms with Crippen LogP contribution in [0.1, 0.15) is 38.5 Å². The van der Waals surface area contributed by atoms with E-state index in [9.17, 15) is 4.39 Å². The second-order valence-corrected chi connectivity index (χ2v) is 7.97. The van der Waals surface area contributed by atoms with Crippen LogP contribution in [0.15, 0.2) is 15.3 Å². The van der Waals surface area contributed by atoms with Crippen molar-refractivity contribution in [3.8, 4) is 0 Å². The van der Waals surface area contributed by atoms with E-state index in [1.54, 1.807) is 0 Å². The maximum Gasteiger partial charge on any atom is 0.108 e. The zero-order chi connectivity index (χ0) is 17.1. The number of aliphatic imine (C=N–C) groups is 1. The number of alkyl halides is 1. The molecule has 1 N–H and O–H groups in total. The Bertz CT molecular complexity index is 484. The Hall–Kier alpha value is -1.08. The van der Waals surface area contributed by atoms with Crippen LogP contribution in [0.3, 0.4) is 0 Å². The molecule has 4 rings (SSSR count). The summed E-state index contributed by atoms with van der Waals surface area (Å²) in [6, 6.07) is 0.980. The molecule has 1 saturated carbocycles. The first-order valence-corrected chi connectivity index (χ1v) is 10.1. The first kappa shape index (κ1) is 17.3. The van der Waals surface area contributed by atoms with Gasteiger partial charge in [0.15, 0.2) is 0 Å². The minimum Gasteiger partial charge on any atom is -0.314 e. The van der Waals surface area contributed by atoms with Crippen molar-refractivity contribution in [3.05, 3.63) is 0 Å². The molecule has 3 aliphatic heterocycles. The average molecular weight is 350 g/mol. The molecule has 0 aromatic heterocycles. The number of nitrogens with one attached hydrogen (secondary N) is 1. The topological polar surface area (TPSA) is 55.6 Å². The number of hydrogen-bond acceptors (Lipinski definition) is 6. The number of halogens is 1. The normalized spacial score (nSPS) is 39.9. The van der Waals surface area contributed by atoms with Gasteiger partial charge in [0, 0.05) is 45.3 Å². The van der Waals surface area contributed by atoms with Gasteiger partial charge in [-0.05, 0) is 50.7 Å². The molecule has 140 valence electrons. The van der Waals surface area contributed by atoms with Gasteiger partial charge in [0.05, 0.1) is 6.04 Å². The summed E-state index contributed by atoms with van der Waals surface area (Å²) in [5, 5.41) is 15.0. The van der Waals surface area contributed by atoms with Crippen LogP contribution in [0.5, 0.6) is 0 Å². The maximum atomic E-state index is 13.6. The summed E-state index contributed by atoms with van der Waals surface area (Å²) in [4.78, 5) is 6.93. The molecule has 3 atom stereocenters. The molecule has 2 fully saturated rings. The van der Waals surface area contributed by atoms with Gasteiger partial charge in [-0.1, -0.05) is 5.22 Å². The van der Waals surface area contributed by atoms with E-state index in [-0.39, 0.29) is 6.04 Å². The fraction of sp³-hybridized carbons (Fsp3) is 0.944. The van der Waals surface area contributed by atoms with Crippen molar-refractivity contribution in [3.63, 3.8) is 0 Å². The monoisotopic (exact) mass is 350 g/mol. The smallest absolute Gasteiger partial charge is 0.108 e. The van der Waals surface area contributed by atoms with E-state index in [1.807, 2.05) is 0 Å². The Labute approximate surface area is 149 Å². The molecule has 0 radical (unpaired) electrons.